The van der Waals surface area contributed by atoms with Gasteiger partial charge in [-0.2, -0.15) is 8.78 Å². The molecule has 1 aliphatic rings. The average Bonchev–Trinajstić information content (AvgIpc) is 2.63. The summed E-state index contributed by atoms with van der Waals surface area (Å²) in [7, 11) is 0. The Bertz CT molecular complexity index is 247. The summed E-state index contributed by atoms with van der Waals surface area (Å²) in [6.07, 6.45) is -3.21. The van der Waals surface area contributed by atoms with Crippen molar-refractivity contribution in [3.63, 3.8) is 0 Å². The molecule has 88 valence electrons. The van der Waals surface area contributed by atoms with Gasteiger partial charge in [-0.15, -0.1) is 0 Å². The van der Waals surface area contributed by atoms with E-state index in [4.69, 9.17) is 5.11 Å². The van der Waals surface area contributed by atoms with Gasteiger partial charge < -0.3 is 10.0 Å². The summed E-state index contributed by atoms with van der Waals surface area (Å²) < 4.78 is 49.1. The Kier molecular flexibility index (Phi) is 3.54. The molecule has 0 bridgehead atoms. The number of aliphatic hydroxyl groups is 1. The number of rotatable bonds is 3. The standard InChI is InChI=1S/C8H11F4NO2/c9-6(10)8(11,12)7(15)13-3-1-2-5(13)4-14/h5-6,14H,1-4H2/t5-/m0/s1. The Morgan fingerprint density at radius 1 is 1.53 bits per heavy atom. The summed E-state index contributed by atoms with van der Waals surface area (Å²) in [5.74, 6) is -6.55. The summed E-state index contributed by atoms with van der Waals surface area (Å²) in [6, 6.07) is -0.762. The van der Waals surface area contributed by atoms with E-state index in [1.165, 1.54) is 0 Å². The zero-order chi connectivity index (χ0) is 11.6. The summed E-state index contributed by atoms with van der Waals surface area (Å²) in [5, 5.41) is 8.76. The number of nitrogens with zero attached hydrogens (tertiary/aromatic N) is 1. The molecule has 1 atom stereocenters. The lowest BCUT2D eigenvalue weighted by atomic mass is 10.2. The molecule has 1 heterocycles. The van der Waals surface area contributed by atoms with Crippen LogP contribution in [0.5, 0.6) is 0 Å². The molecule has 7 heteroatoms. The maximum absolute atomic E-state index is 12.7. The molecular formula is C8H11F4NO2. The molecular weight excluding hydrogens is 218 g/mol. The van der Waals surface area contributed by atoms with Crippen LogP contribution in [0.4, 0.5) is 17.6 Å². The zero-order valence-electron chi connectivity index (χ0n) is 7.80. The van der Waals surface area contributed by atoms with Crippen molar-refractivity contribution in [2.24, 2.45) is 0 Å². The smallest absolute Gasteiger partial charge is 0.383 e. The van der Waals surface area contributed by atoms with Crippen LogP contribution in [0, 0.1) is 0 Å². The highest BCUT2D eigenvalue weighted by molar-refractivity contribution is 5.84. The van der Waals surface area contributed by atoms with Crippen LogP contribution < -0.4 is 0 Å². The van der Waals surface area contributed by atoms with Crippen LogP contribution in [0.25, 0.3) is 0 Å². The number of halogens is 4. The molecule has 0 aromatic rings. The van der Waals surface area contributed by atoms with Gasteiger partial charge in [0.2, 0.25) is 0 Å². The fourth-order valence-electron chi connectivity index (χ4n) is 1.58. The summed E-state index contributed by atoms with van der Waals surface area (Å²) in [5.41, 5.74) is 0. The molecule has 0 unspecified atom stereocenters. The van der Waals surface area contributed by atoms with E-state index in [1.54, 1.807) is 0 Å². The van der Waals surface area contributed by atoms with Crippen molar-refractivity contribution in [1.82, 2.24) is 4.90 Å². The molecule has 0 saturated carbocycles. The van der Waals surface area contributed by atoms with E-state index in [-0.39, 0.29) is 6.54 Å². The van der Waals surface area contributed by atoms with Crippen molar-refractivity contribution in [2.45, 2.75) is 31.2 Å². The Labute approximate surface area is 83.7 Å². The molecule has 0 radical (unpaired) electrons. The fraction of sp³-hybridized carbons (Fsp3) is 0.875. The van der Waals surface area contributed by atoms with E-state index >= 15 is 0 Å². The minimum absolute atomic E-state index is 0.00757. The molecule has 1 rings (SSSR count). The number of hydrogen-bond acceptors (Lipinski definition) is 2. The quantitative estimate of drug-likeness (QED) is 0.729. The van der Waals surface area contributed by atoms with Gasteiger partial charge in [0.25, 0.3) is 5.91 Å². The lowest BCUT2D eigenvalue weighted by Gasteiger charge is -2.26. The van der Waals surface area contributed by atoms with Crippen LogP contribution in [-0.2, 0) is 4.79 Å². The van der Waals surface area contributed by atoms with Gasteiger partial charge in [-0.1, -0.05) is 0 Å². The van der Waals surface area contributed by atoms with E-state index in [1.807, 2.05) is 0 Å². The average molecular weight is 229 g/mol. The molecule has 0 aromatic heterocycles. The van der Waals surface area contributed by atoms with Gasteiger partial charge in [-0.05, 0) is 12.8 Å². The van der Waals surface area contributed by atoms with Gasteiger partial charge in [0.15, 0.2) is 0 Å². The predicted octanol–water partition coefficient (Wildman–Crippen LogP) is 0.870. The number of hydrogen-bond donors (Lipinski definition) is 1. The van der Waals surface area contributed by atoms with Crippen molar-refractivity contribution in [3.8, 4) is 0 Å². The maximum atomic E-state index is 12.7. The third-order valence-corrected chi connectivity index (χ3v) is 2.41. The highest BCUT2D eigenvalue weighted by atomic mass is 19.3. The summed E-state index contributed by atoms with van der Waals surface area (Å²) in [4.78, 5) is 11.7. The predicted molar refractivity (Wildman–Crippen MR) is 42.8 cm³/mol. The molecule has 0 spiro atoms. The van der Waals surface area contributed by atoms with Gasteiger partial charge in [0.05, 0.1) is 12.6 Å². The van der Waals surface area contributed by atoms with Gasteiger partial charge in [-0.25, -0.2) is 8.78 Å². The zero-order valence-corrected chi connectivity index (χ0v) is 7.80. The molecule has 3 nitrogen and oxygen atoms in total. The van der Waals surface area contributed by atoms with Crippen molar-refractivity contribution in [3.05, 3.63) is 0 Å². The molecule has 1 amide bonds. The van der Waals surface area contributed by atoms with Crippen LogP contribution in [0.1, 0.15) is 12.8 Å². The van der Waals surface area contributed by atoms with Gasteiger partial charge in [0, 0.05) is 6.54 Å². The monoisotopic (exact) mass is 229 g/mol. The minimum Gasteiger partial charge on any atom is -0.394 e. The first-order valence-corrected chi connectivity index (χ1v) is 4.49. The topological polar surface area (TPSA) is 40.5 Å². The number of carbonyl (C=O) groups excluding carboxylic acids is 1. The van der Waals surface area contributed by atoms with Crippen LogP contribution >= 0.6 is 0 Å². The van der Waals surface area contributed by atoms with Crippen molar-refractivity contribution < 1.29 is 27.5 Å². The number of alkyl halides is 4. The van der Waals surface area contributed by atoms with Crippen molar-refractivity contribution in [2.75, 3.05) is 13.2 Å². The first-order chi connectivity index (χ1) is 6.91. The summed E-state index contributed by atoms with van der Waals surface area (Å²) >= 11 is 0. The lowest BCUT2D eigenvalue weighted by Crippen LogP contribution is -2.50. The van der Waals surface area contributed by atoms with Crippen LogP contribution in [0.3, 0.4) is 0 Å². The molecule has 1 N–H and O–H groups in total. The Morgan fingerprint density at radius 3 is 2.60 bits per heavy atom. The first-order valence-electron chi connectivity index (χ1n) is 4.49. The number of carbonyl (C=O) groups is 1. The first kappa shape index (κ1) is 12.2. The van der Waals surface area contributed by atoms with E-state index in [9.17, 15) is 22.4 Å². The second kappa shape index (κ2) is 4.34. The van der Waals surface area contributed by atoms with E-state index in [0.717, 1.165) is 0 Å². The van der Waals surface area contributed by atoms with Gasteiger partial charge in [-0.3, -0.25) is 4.79 Å². The second-order valence-electron chi connectivity index (χ2n) is 3.40. The molecule has 1 saturated heterocycles. The largest absolute Gasteiger partial charge is 0.394 e. The highest BCUT2D eigenvalue weighted by Crippen LogP contribution is 2.29. The molecule has 0 aromatic carbocycles. The maximum Gasteiger partial charge on any atom is 0.383 e. The fourth-order valence-corrected chi connectivity index (χ4v) is 1.58. The third-order valence-electron chi connectivity index (χ3n) is 2.41. The Morgan fingerprint density at radius 2 is 2.13 bits per heavy atom. The molecule has 1 fully saturated rings. The Hall–Kier alpha value is -0.850. The van der Waals surface area contributed by atoms with Crippen LogP contribution in [0.2, 0.25) is 0 Å². The number of amides is 1. The van der Waals surface area contributed by atoms with Crippen molar-refractivity contribution >= 4 is 5.91 Å². The number of likely N-dealkylation sites (tertiary alicyclic amines) is 1. The summed E-state index contributed by atoms with van der Waals surface area (Å²) in [6.45, 7) is -0.489. The second-order valence-corrected chi connectivity index (χ2v) is 3.40. The third kappa shape index (κ3) is 2.22. The molecule has 15 heavy (non-hydrogen) atoms. The Balaban J connectivity index is 2.75. The number of aliphatic hydroxyl groups excluding tert-OH is 1. The SMILES string of the molecule is O=C(N1CCC[C@H]1CO)C(F)(F)C(F)F. The normalized spacial score (nSPS) is 22.5. The lowest BCUT2D eigenvalue weighted by molar-refractivity contribution is -0.182. The van der Waals surface area contributed by atoms with Crippen molar-refractivity contribution in [1.29, 1.82) is 0 Å². The van der Waals surface area contributed by atoms with Crippen LogP contribution in [-0.4, -0.2) is 47.5 Å². The molecule has 1 aliphatic heterocycles. The van der Waals surface area contributed by atoms with E-state index < -0.39 is 30.9 Å². The van der Waals surface area contributed by atoms with Crippen LogP contribution in [0.15, 0.2) is 0 Å². The van der Waals surface area contributed by atoms with Gasteiger partial charge >= 0.3 is 12.3 Å². The van der Waals surface area contributed by atoms with E-state index in [0.29, 0.717) is 17.7 Å². The van der Waals surface area contributed by atoms with E-state index in [2.05, 4.69) is 0 Å². The van der Waals surface area contributed by atoms with Gasteiger partial charge in [0.1, 0.15) is 0 Å². The highest BCUT2D eigenvalue weighted by Gasteiger charge is 2.52. The molecule has 0 aliphatic carbocycles. The minimum atomic E-state index is -4.66.